The standard InChI is InChI=1S/C16H16N6O3/c17-15(23)12-8-11(22(24)25)9-19-16(12)18-6-3-7-21-10-20-13-4-1-2-5-14(13)21/h1-2,4-5,8-10H,3,6-7H2,(H2,17,23)(H,18,19). The lowest BCUT2D eigenvalue weighted by Crippen LogP contribution is -2.17. The molecule has 9 nitrogen and oxygen atoms in total. The first-order valence-electron chi connectivity index (χ1n) is 7.64. The van der Waals surface area contributed by atoms with Crippen molar-refractivity contribution in [1.82, 2.24) is 14.5 Å². The van der Waals surface area contributed by atoms with E-state index in [0.717, 1.165) is 36.3 Å². The van der Waals surface area contributed by atoms with Gasteiger partial charge in [-0.2, -0.15) is 0 Å². The number of imidazole rings is 1. The zero-order chi connectivity index (χ0) is 17.8. The average molecular weight is 340 g/mol. The molecule has 3 N–H and O–H groups in total. The smallest absolute Gasteiger partial charge is 0.288 e. The molecule has 0 aliphatic rings. The molecule has 0 atom stereocenters. The second-order valence-corrected chi connectivity index (χ2v) is 5.42. The molecule has 3 rings (SSSR count). The number of aromatic nitrogens is 3. The fourth-order valence-corrected chi connectivity index (χ4v) is 2.53. The van der Waals surface area contributed by atoms with E-state index in [-0.39, 0.29) is 17.1 Å². The van der Waals surface area contributed by atoms with E-state index in [1.807, 2.05) is 28.8 Å². The minimum Gasteiger partial charge on any atom is -0.369 e. The van der Waals surface area contributed by atoms with Crippen molar-refractivity contribution in [3.63, 3.8) is 0 Å². The second kappa shape index (κ2) is 6.95. The summed E-state index contributed by atoms with van der Waals surface area (Å²) < 4.78 is 2.04. The Morgan fingerprint density at radius 1 is 1.32 bits per heavy atom. The van der Waals surface area contributed by atoms with E-state index >= 15 is 0 Å². The molecule has 25 heavy (non-hydrogen) atoms. The van der Waals surface area contributed by atoms with Crippen molar-refractivity contribution in [3.8, 4) is 0 Å². The van der Waals surface area contributed by atoms with E-state index in [4.69, 9.17) is 5.73 Å². The Kier molecular flexibility index (Phi) is 4.55. The summed E-state index contributed by atoms with van der Waals surface area (Å²) in [5, 5.41) is 13.8. The van der Waals surface area contributed by atoms with E-state index in [1.54, 1.807) is 6.33 Å². The maximum Gasteiger partial charge on any atom is 0.288 e. The van der Waals surface area contributed by atoms with Crippen LogP contribution in [0.3, 0.4) is 0 Å². The van der Waals surface area contributed by atoms with Crippen LogP contribution in [0.1, 0.15) is 16.8 Å². The van der Waals surface area contributed by atoms with Crippen LogP contribution in [0.4, 0.5) is 11.5 Å². The summed E-state index contributed by atoms with van der Waals surface area (Å²) >= 11 is 0. The summed E-state index contributed by atoms with van der Waals surface area (Å²) in [6.45, 7) is 1.25. The number of carbonyl (C=O) groups is 1. The number of hydrogen-bond acceptors (Lipinski definition) is 6. The molecule has 0 radical (unpaired) electrons. The summed E-state index contributed by atoms with van der Waals surface area (Å²) in [6, 6.07) is 8.97. The van der Waals surface area contributed by atoms with Gasteiger partial charge < -0.3 is 15.6 Å². The Balaban J connectivity index is 1.64. The summed E-state index contributed by atoms with van der Waals surface area (Å²) in [7, 11) is 0. The number of para-hydroxylation sites is 2. The molecule has 0 fully saturated rings. The largest absolute Gasteiger partial charge is 0.369 e. The van der Waals surface area contributed by atoms with Crippen LogP contribution < -0.4 is 11.1 Å². The number of primary amides is 1. The third-order valence-corrected chi connectivity index (χ3v) is 3.75. The molecular formula is C16H16N6O3. The highest BCUT2D eigenvalue weighted by molar-refractivity contribution is 5.98. The zero-order valence-corrected chi connectivity index (χ0v) is 13.3. The lowest BCUT2D eigenvalue weighted by atomic mass is 10.2. The van der Waals surface area contributed by atoms with Gasteiger partial charge in [-0.25, -0.2) is 9.97 Å². The first-order chi connectivity index (χ1) is 12.1. The van der Waals surface area contributed by atoms with Gasteiger partial charge in [-0.1, -0.05) is 12.1 Å². The van der Waals surface area contributed by atoms with Crippen LogP contribution >= 0.6 is 0 Å². The topological polar surface area (TPSA) is 129 Å². The summed E-state index contributed by atoms with van der Waals surface area (Å²) in [5.74, 6) is -0.520. The molecule has 128 valence electrons. The predicted molar refractivity (Wildman–Crippen MR) is 92.2 cm³/mol. The van der Waals surface area contributed by atoms with Crippen LogP contribution in [0.5, 0.6) is 0 Å². The van der Waals surface area contributed by atoms with Crippen molar-refractivity contribution < 1.29 is 9.72 Å². The molecule has 1 amide bonds. The number of fused-ring (bicyclic) bond motifs is 1. The summed E-state index contributed by atoms with van der Waals surface area (Å²) in [4.78, 5) is 29.9. The Morgan fingerprint density at radius 2 is 2.12 bits per heavy atom. The van der Waals surface area contributed by atoms with Crippen molar-refractivity contribution in [2.45, 2.75) is 13.0 Å². The Bertz CT molecular complexity index is 937. The van der Waals surface area contributed by atoms with Crippen molar-refractivity contribution in [3.05, 3.63) is 58.5 Å². The van der Waals surface area contributed by atoms with Gasteiger partial charge in [0, 0.05) is 19.2 Å². The molecule has 0 unspecified atom stereocenters. The number of benzene rings is 1. The Hall–Kier alpha value is -3.49. The molecule has 0 spiro atoms. The van der Waals surface area contributed by atoms with Gasteiger partial charge in [0.25, 0.3) is 11.6 Å². The van der Waals surface area contributed by atoms with Crippen molar-refractivity contribution >= 4 is 28.4 Å². The summed E-state index contributed by atoms with van der Waals surface area (Å²) in [5.41, 5.74) is 6.99. The first-order valence-corrected chi connectivity index (χ1v) is 7.64. The highest BCUT2D eigenvalue weighted by atomic mass is 16.6. The van der Waals surface area contributed by atoms with Gasteiger partial charge in [0.15, 0.2) is 0 Å². The van der Waals surface area contributed by atoms with Crippen molar-refractivity contribution in [2.75, 3.05) is 11.9 Å². The highest BCUT2D eigenvalue weighted by Crippen LogP contribution is 2.19. The van der Waals surface area contributed by atoms with E-state index in [9.17, 15) is 14.9 Å². The zero-order valence-electron chi connectivity index (χ0n) is 13.3. The third-order valence-electron chi connectivity index (χ3n) is 3.75. The number of rotatable bonds is 7. The maximum atomic E-state index is 11.5. The Morgan fingerprint density at radius 3 is 2.88 bits per heavy atom. The molecule has 2 heterocycles. The van der Waals surface area contributed by atoms with Crippen LogP contribution in [0.25, 0.3) is 11.0 Å². The average Bonchev–Trinajstić information content (AvgIpc) is 3.01. The van der Waals surface area contributed by atoms with Gasteiger partial charge in [0.2, 0.25) is 0 Å². The van der Waals surface area contributed by atoms with Gasteiger partial charge in [0.05, 0.1) is 27.8 Å². The molecule has 0 bridgehead atoms. The SMILES string of the molecule is NC(=O)c1cc([N+](=O)[O-])cnc1NCCCn1cnc2ccccc21. The van der Waals surface area contributed by atoms with E-state index in [1.165, 1.54) is 0 Å². The first kappa shape index (κ1) is 16.4. The quantitative estimate of drug-likeness (QED) is 0.384. The van der Waals surface area contributed by atoms with Crippen LogP contribution in [0.2, 0.25) is 0 Å². The van der Waals surface area contributed by atoms with Crippen molar-refractivity contribution in [2.24, 2.45) is 5.73 Å². The molecule has 0 saturated heterocycles. The molecule has 0 aliphatic carbocycles. The normalized spacial score (nSPS) is 10.7. The number of amides is 1. The minimum atomic E-state index is -0.765. The molecule has 1 aromatic carbocycles. The molecule has 2 aromatic heterocycles. The number of nitrogens with zero attached hydrogens (tertiary/aromatic N) is 4. The maximum absolute atomic E-state index is 11.5. The lowest BCUT2D eigenvalue weighted by molar-refractivity contribution is -0.385. The summed E-state index contributed by atoms with van der Waals surface area (Å²) in [6.07, 6.45) is 3.62. The van der Waals surface area contributed by atoms with Crippen molar-refractivity contribution in [1.29, 1.82) is 0 Å². The van der Waals surface area contributed by atoms with Gasteiger partial charge in [-0.05, 0) is 18.6 Å². The molecule has 3 aromatic rings. The number of nitrogens with one attached hydrogen (secondary N) is 1. The molecule has 0 saturated carbocycles. The number of hydrogen-bond donors (Lipinski definition) is 2. The fourth-order valence-electron chi connectivity index (χ4n) is 2.53. The van der Waals surface area contributed by atoms with E-state index in [0.29, 0.717) is 6.54 Å². The number of nitro groups is 1. The number of nitrogens with two attached hydrogens (primary N) is 1. The van der Waals surface area contributed by atoms with E-state index < -0.39 is 10.8 Å². The predicted octanol–water partition coefficient (Wildman–Crippen LogP) is 1.94. The fraction of sp³-hybridized carbons (Fsp3) is 0.188. The third kappa shape index (κ3) is 3.55. The number of pyridine rings is 1. The molecule has 0 aliphatic heterocycles. The van der Waals surface area contributed by atoms with Gasteiger partial charge in [-0.15, -0.1) is 0 Å². The van der Waals surface area contributed by atoms with E-state index in [2.05, 4.69) is 15.3 Å². The minimum absolute atomic E-state index is 0.00211. The molecular weight excluding hydrogens is 324 g/mol. The lowest BCUT2D eigenvalue weighted by Gasteiger charge is -2.09. The number of anilines is 1. The second-order valence-electron chi connectivity index (χ2n) is 5.42. The van der Waals surface area contributed by atoms with Crippen LogP contribution in [0.15, 0.2) is 42.9 Å². The van der Waals surface area contributed by atoms with Gasteiger partial charge in [-0.3, -0.25) is 14.9 Å². The Labute approximate surface area is 142 Å². The monoisotopic (exact) mass is 340 g/mol. The van der Waals surface area contributed by atoms with Crippen LogP contribution in [-0.2, 0) is 6.54 Å². The highest BCUT2D eigenvalue weighted by Gasteiger charge is 2.15. The van der Waals surface area contributed by atoms with Crippen LogP contribution in [-0.4, -0.2) is 31.9 Å². The van der Waals surface area contributed by atoms with Crippen LogP contribution in [0, 0.1) is 10.1 Å². The number of aryl methyl sites for hydroxylation is 1. The number of carbonyl (C=O) groups excluding carboxylic acids is 1. The van der Waals surface area contributed by atoms with Gasteiger partial charge >= 0.3 is 0 Å². The van der Waals surface area contributed by atoms with Gasteiger partial charge in [0.1, 0.15) is 12.0 Å². The molecule has 9 heteroatoms.